The van der Waals surface area contributed by atoms with Gasteiger partial charge >= 0.3 is 0 Å². The van der Waals surface area contributed by atoms with Crippen LogP contribution in [0.5, 0.6) is 0 Å². The number of carbonyl (C=O) groups excluding carboxylic acids is 1. The van der Waals surface area contributed by atoms with Crippen LogP contribution in [0, 0.1) is 6.92 Å². The zero-order valence-corrected chi connectivity index (χ0v) is 14.1. The van der Waals surface area contributed by atoms with Gasteiger partial charge in [0.05, 0.1) is 5.92 Å². The highest BCUT2D eigenvalue weighted by Crippen LogP contribution is 2.34. The van der Waals surface area contributed by atoms with Gasteiger partial charge in [-0.3, -0.25) is 4.79 Å². The molecule has 0 unspecified atom stereocenters. The third kappa shape index (κ3) is 2.66. The second kappa shape index (κ2) is 6.27. The van der Waals surface area contributed by atoms with Gasteiger partial charge in [-0.05, 0) is 42.5 Å². The molecule has 2 aliphatic rings. The van der Waals surface area contributed by atoms with E-state index in [1.54, 1.807) is 0 Å². The van der Waals surface area contributed by atoms with E-state index in [1.165, 1.54) is 16.7 Å². The Morgan fingerprint density at radius 1 is 1.08 bits per heavy atom. The molecule has 0 N–H and O–H groups in total. The number of hydrogen-bond acceptors (Lipinski definition) is 3. The second-order valence-corrected chi connectivity index (χ2v) is 6.75. The van der Waals surface area contributed by atoms with Crippen LogP contribution in [0.15, 0.2) is 42.6 Å². The highest BCUT2D eigenvalue weighted by molar-refractivity contribution is 5.85. The smallest absolute Gasteiger partial charge is 0.230 e. The molecule has 1 aromatic carbocycles. The zero-order chi connectivity index (χ0) is 16.5. The quantitative estimate of drug-likeness (QED) is 0.853. The summed E-state index contributed by atoms with van der Waals surface area (Å²) in [6.45, 7) is 5.38. The Labute approximate surface area is 143 Å². The molecule has 1 atom stereocenters. The van der Waals surface area contributed by atoms with E-state index in [0.717, 1.165) is 44.8 Å². The Kier molecular flexibility index (Phi) is 3.97. The van der Waals surface area contributed by atoms with E-state index in [4.69, 9.17) is 0 Å². The van der Waals surface area contributed by atoms with Crippen molar-refractivity contribution in [1.82, 2.24) is 9.88 Å². The summed E-state index contributed by atoms with van der Waals surface area (Å²) < 4.78 is 0. The number of aromatic nitrogens is 1. The van der Waals surface area contributed by atoms with Crippen LogP contribution in [0.25, 0.3) is 0 Å². The first-order valence-electron chi connectivity index (χ1n) is 8.77. The molecule has 1 aliphatic heterocycles. The van der Waals surface area contributed by atoms with Gasteiger partial charge in [0.15, 0.2) is 0 Å². The second-order valence-electron chi connectivity index (χ2n) is 6.75. The van der Waals surface area contributed by atoms with E-state index in [2.05, 4.69) is 41.1 Å². The van der Waals surface area contributed by atoms with Gasteiger partial charge in [-0.15, -0.1) is 0 Å². The molecule has 4 heteroatoms. The number of carbonyl (C=O) groups is 1. The van der Waals surface area contributed by atoms with Crippen LogP contribution >= 0.6 is 0 Å². The molecule has 0 saturated carbocycles. The maximum Gasteiger partial charge on any atom is 0.230 e. The van der Waals surface area contributed by atoms with Gasteiger partial charge in [0, 0.05) is 32.4 Å². The van der Waals surface area contributed by atoms with Crippen LogP contribution in [0.1, 0.15) is 29.0 Å². The number of anilines is 1. The van der Waals surface area contributed by atoms with Gasteiger partial charge in [0.25, 0.3) is 0 Å². The number of pyridine rings is 1. The molecule has 2 aromatic rings. The average molecular weight is 321 g/mol. The molecule has 1 amide bonds. The first-order valence-corrected chi connectivity index (χ1v) is 8.77. The lowest BCUT2D eigenvalue weighted by molar-refractivity contribution is -0.133. The summed E-state index contributed by atoms with van der Waals surface area (Å²) in [4.78, 5) is 21.8. The number of amides is 1. The Hall–Kier alpha value is -2.36. The maximum atomic E-state index is 13.0. The average Bonchev–Trinajstić information content (AvgIpc) is 3.06. The SMILES string of the molecule is Cc1cccnc1N1CCN(C(=O)[C@@H]2CCc3ccccc32)CC1. The Balaban J connectivity index is 1.43. The number of rotatable bonds is 2. The van der Waals surface area contributed by atoms with Gasteiger partial charge in [-0.25, -0.2) is 4.98 Å². The summed E-state index contributed by atoms with van der Waals surface area (Å²) in [6, 6.07) is 12.5. The van der Waals surface area contributed by atoms with Gasteiger partial charge < -0.3 is 9.80 Å². The maximum absolute atomic E-state index is 13.0. The van der Waals surface area contributed by atoms with Gasteiger partial charge in [0.1, 0.15) is 5.82 Å². The summed E-state index contributed by atoms with van der Waals surface area (Å²) in [6.07, 6.45) is 3.83. The Bertz CT molecular complexity index is 750. The lowest BCUT2D eigenvalue weighted by Crippen LogP contribution is -2.50. The number of aryl methyl sites for hydroxylation is 2. The number of nitrogens with zero attached hydrogens (tertiary/aromatic N) is 3. The third-order valence-corrected chi connectivity index (χ3v) is 5.30. The molecule has 1 aliphatic carbocycles. The molecular weight excluding hydrogens is 298 g/mol. The van der Waals surface area contributed by atoms with E-state index in [-0.39, 0.29) is 5.92 Å². The van der Waals surface area contributed by atoms with E-state index >= 15 is 0 Å². The monoisotopic (exact) mass is 321 g/mol. The van der Waals surface area contributed by atoms with Crippen LogP contribution in [0.2, 0.25) is 0 Å². The van der Waals surface area contributed by atoms with Gasteiger partial charge in [-0.1, -0.05) is 30.3 Å². The largest absolute Gasteiger partial charge is 0.353 e. The minimum absolute atomic E-state index is 0.0596. The summed E-state index contributed by atoms with van der Waals surface area (Å²) in [7, 11) is 0. The van der Waals surface area contributed by atoms with E-state index in [0.29, 0.717) is 5.91 Å². The molecule has 0 bridgehead atoms. The van der Waals surface area contributed by atoms with Crippen molar-refractivity contribution in [3.05, 3.63) is 59.3 Å². The summed E-state index contributed by atoms with van der Waals surface area (Å²) in [5.41, 5.74) is 3.78. The van der Waals surface area contributed by atoms with Crippen molar-refractivity contribution in [3.8, 4) is 0 Å². The van der Waals surface area contributed by atoms with Crippen molar-refractivity contribution in [2.45, 2.75) is 25.7 Å². The van der Waals surface area contributed by atoms with E-state index < -0.39 is 0 Å². The molecule has 1 aromatic heterocycles. The molecule has 24 heavy (non-hydrogen) atoms. The lowest BCUT2D eigenvalue weighted by Gasteiger charge is -2.37. The van der Waals surface area contributed by atoms with Crippen molar-refractivity contribution >= 4 is 11.7 Å². The summed E-state index contributed by atoms with van der Waals surface area (Å²) >= 11 is 0. The fraction of sp³-hybridized carbons (Fsp3) is 0.400. The van der Waals surface area contributed by atoms with Crippen molar-refractivity contribution in [1.29, 1.82) is 0 Å². The van der Waals surface area contributed by atoms with Crippen molar-refractivity contribution in [2.75, 3.05) is 31.1 Å². The normalized spacial score (nSPS) is 20.1. The van der Waals surface area contributed by atoms with Crippen molar-refractivity contribution in [3.63, 3.8) is 0 Å². The van der Waals surface area contributed by atoms with Crippen LogP contribution in [0.3, 0.4) is 0 Å². The molecule has 1 fully saturated rings. The molecular formula is C20H23N3O. The molecule has 0 radical (unpaired) electrons. The van der Waals surface area contributed by atoms with E-state index in [9.17, 15) is 4.79 Å². The Morgan fingerprint density at radius 3 is 2.67 bits per heavy atom. The molecule has 4 nitrogen and oxygen atoms in total. The number of benzene rings is 1. The first-order chi connectivity index (χ1) is 11.7. The molecule has 1 saturated heterocycles. The third-order valence-electron chi connectivity index (χ3n) is 5.30. The predicted octanol–water partition coefficient (Wildman–Crippen LogP) is 2.77. The zero-order valence-electron chi connectivity index (χ0n) is 14.1. The van der Waals surface area contributed by atoms with Gasteiger partial charge in [-0.2, -0.15) is 0 Å². The van der Waals surface area contributed by atoms with Crippen LogP contribution in [0.4, 0.5) is 5.82 Å². The first kappa shape index (κ1) is 15.2. The van der Waals surface area contributed by atoms with Crippen molar-refractivity contribution < 1.29 is 4.79 Å². The summed E-state index contributed by atoms with van der Waals surface area (Å²) in [5.74, 6) is 1.41. The fourth-order valence-electron chi connectivity index (χ4n) is 3.98. The minimum Gasteiger partial charge on any atom is -0.353 e. The number of fused-ring (bicyclic) bond motifs is 1. The molecule has 124 valence electrons. The highest BCUT2D eigenvalue weighted by Gasteiger charge is 2.33. The summed E-state index contributed by atoms with van der Waals surface area (Å²) in [5, 5.41) is 0. The standard InChI is InChI=1S/C20H23N3O/c1-15-5-4-10-21-19(15)22-11-13-23(14-12-22)20(24)18-9-8-16-6-2-3-7-17(16)18/h2-7,10,18H,8-9,11-14H2,1H3/t18-/m1/s1. The molecule has 2 heterocycles. The Morgan fingerprint density at radius 2 is 1.88 bits per heavy atom. The van der Waals surface area contributed by atoms with Gasteiger partial charge in [0.2, 0.25) is 5.91 Å². The van der Waals surface area contributed by atoms with Crippen LogP contribution < -0.4 is 4.90 Å². The molecule has 0 spiro atoms. The predicted molar refractivity (Wildman–Crippen MR) is 95.3 cm³/mol. The number of piperazine rings is 1. The van der Waals surface area contributed by atoms with Crippen LogP contribution in [-0.4, -0.2) is 42.0 Å². The van der Waals surface area contributed by atoms with E-state index in [1.807, 2.05) is 23.2 Å². The fourth-order valence-corrected chi connectivity index (χ4v) is 3.98. The topological polar surface area (TPSA) is 36.4 Å². The van der Waals surface area contributed by atoms with Crippen molar-refractivity contribution in [2.24, 2.45) is 0 Å². The lowest BCUT2D eigenvalue weighted by atomic mass is 9.99. The molecule has 4 rings (SSSR count). The number of hydrogen-bond donors (Lipinski definition) is 0. The minimum atomic E-state index is 0.0596. The van der Waals surface area contributed by atoms with Crippen LogP contribution in [-0.2, 0) is 11.2 Å². The highest BCUT2D eigenvalue weighted by atomic mass is 16.2.